The van der Waals surface area contributed by atoms with Gasteiger partial charge in [0.15, 0.2) is 6.29 Å². The third-order valence-electron chi connectivity index (χ3n) is 3.19. The lowest BCUT2D eigenvalue weighted by atomic mass is 9.86. The number of carbonyl (C=O) groups is 2. The highest BCUT2D eigenvalue weighted by Gasteiger charge is 2.25. The number of phenols is 2. The van der Waals surface area contributed by atoms with Crippen LogP contribution >= 0.6 is 0 Å². The summed E-state index contributed by atoms with van der Waals surface area (Å²) < 4.78 is 0. The summed E-state index contributed by atoms with van der Waals surface area (Å²) in [5.41, 5.74) is 0.456. The molecule has 0 aliphatic carbocycles. The van der Waals surface area contributed by atoms with Gasteiger partial charge in [-0.2, -0.15) is 0 Å². The molecule has 3 N–H and O–H groups in total. The van der Waals surface area contributed by atoms with E-state index in [0.29, 0.717) is 17.4 Å². The van der Waals surface area contributed by atoms with E-state index in [1.807, 2.05) is 0 Å². The standard InChI is InChI=1S/C13H16O5/c1-6(8(3)16)11-7(2)12(17)10(5-15)13(18)9(11)4-14/h4,6,15,17-18H,5H2,1-3H3/t6-/m1/s1. The van der Waals surface area contributed by atoms with Crippen molar-refractivity contribution in [3.05, 3.63) is 22.3 Å². The molecule has 0 saturated heterocycles. The predicted molar refractivity (Wildman–Crippen MR) is 64.9 cm³/mol. The molecule has 0 aliphatic rings. The molecule has 0 aromatic heterocycles. The van der Waals surface area contributed by atoms with E-state index < -0.39 is 18.3 Å². The molecule has 0 unspecified atom stereocenters. The molecule has 5 nitrogen and oxygen atoms in total. The summed E-state index contributed by atoms with van der Waals surface area (Å²) in [6.07, 6.45) is 0.426. The number of hydrogen-bond donors (Lipinski definition) is 3. The van der Waals surface area contributed by atoms with Crippen LogP contribution < -0.4 is 0 Å². The van der Waals surface area contributed by atoms with Crippen LogP contribution in [0.4, 0.5) is 0 Å². The van der Waals surface area contributed by atoms with Crippen molar-refractivity contribution in [2.45, 2.75) is 33.3 Å². The minimum atomic E-state index is -0.616. The van der Waals surface area contributed by atoms with Crippen molar-refractivity contribution in [1.29, 1.82) is 0 Å². The smallest absolute Gasteiger partial charge is 0.154 e. The first-order valence-corrected chi connectivity index (χ1v) is 5.50. The highest BCUT2D eigenvalue weighted by atomic mass is 16.3. The molecule has 0 saturated carbocycles. The van der Waals surface area contributed by atoms with Crippen LogP contribution in [-0.2, 0) is 11.4 Å². The van der Waals surface area contributed by atoms with Crippen LogP contribution in [0.1, 0.15) is 46.8 Å². The highest BCUT2D eigenvalue weighted by molar-refractivity contribution is 5.91. The summed E-state index contributed by atoms with van der Waals surface area (Å²) in [5, 5.41) is 28.8. The number of rotatable bonds is 4. The minimum Gasteiger partial charge on any atom is -0.507 e. The van der Waals surface area contributed by atoms with Gasteiger partial charge in [-0.05, 0) is 25.0 Å². The Bertz CT molecular complexity index is 505. The van der Waals surface area contributed by atoms with Crippen molar-refractivity contribution in [2.75, 3.05) is 0 Å². The fourth-order valence-corrected chi connectivity index (χ4v) is 1.99. The quantitative estimate of drug-likeness (QED) is 0.704. The van der Waals surface area contributed by atoms with E-state index in [9.17, 15) is 19.8 Å². The zero-order valence-corrected chi connectivity index (χ0v) is 10.5. The fourth-order valence-electron chi connectivity index (χ4n) is 1.99. The SMILES string of the molecule is CC(=O)[C@@H](C)c1c(C)c(O)c(CO)c(O)c1C=O. The zero-order valence-electron chi connectivity index (χ0n) is 10.5. The average molecular weight is 252 g/mol. The molecule has 98 valence electrons. The van der Waals surface area contributed by atoms with Gasteiger partial charge in [0.25, 0.3) is 0 Å². The number of hydrogen-bond acceptors (Lipinski definition) is 5. The topological polar surface area (TPSA) is 94.8 Å². The van der Waals surface area contributed by atoms with E-state index >= 15 is 0 Å². The van der Waals surface area contributed by atoms with Crippen LogP contribution in [-0.4, -0.2) is 27.4 Å². The third kappa shape index (κ3) is 2.09. The van der Waals surface area contributed by atoms with Crippen molar-refractivity contribution < 1.29 is 24.9 Å². The first kappa shape index (κ1) is 14.2. The van der Waals surface area contributed by atoms with Gasteiger partial charge in [-0.1, -0.05) is 6.92 Å². The van der Waals surface area contributed by atoms with E-state index in [0.717, 1.165) is 0 Å². The first-order chi connectivity index (χ1) is 8.36. The van der Waals surface area contributed by atoms with E-state index in [4.69, 9.17) is 5.11 Å². The zero-order chi connectivity index (χ0) is 14.0. The molecule has 0 radical (unpaired) electrons. The minimum absolute atomic E-state index is 0.0583. The van der Waals surface area contributed by atoms with Crippen molar-refractivity contribution in [3.63, 3.8) is 0 Å². The normalized spacial score (nSPS) is 12.2. The Kier molecular flexibility index (Phi) is 4.08. The van der Waals surface area contributed by atoms with Gasteiger partial charge >= 0.3 is 0 Å². The Balaban J connectivity index is 3.71. The van der Waals surface area contributed by atoms with E-state index in [-0.39, 0.29) is 22.7 Å². The van der Waals surface area contributed by atoms with Crippen LogP contribution in [0.15, 0.2) is 0 Å². The number of aldehydes is 1. The third-order valence-corrected chi connectivity index (χ3v) is 3.19. The molecule has 0 fully saturated rings. The lowest BCUT2D eigenvalue weighted by Crippen LogP contribution is -2.11. The van der Waals surface area contributed by atoms with Gasteiger partial charge in [0.05, 0.1) is 17.7 Å². The Morgan fingerprint density at radius 1 is 1.33 bits per heavy atom. The molecule has 1 aromatic carbocycles. The molecular formula is C13H16O5. The van der Waals surface area contributed by atoms with Crippen LogP contribution in [0.3, 0.4) is 0 Å². The van der Waals surface area contributed by atoms with Gasteiger partial charge in [0.1, 0.15) is 17.3 Å². The maximum Gasteiger partial charge on any atom is 0.154 e. The van der Waals surface area contributed by atoms with Gasteiger partial charge in [-0.25, -0.2) is 0 Å². The second-order valence-corrected chi connectivity index (χ2v) is 4.24. The Morgan fingerprint density at radius 2 is 1.89 bits per heavy atom. The van der Waals surface area contributed by atoms with Crippen LogP contribution in [0.25, 0.3) is 0 Å². The first-order valence-electron chi connectivity index (χ1n) is 5.50. The van der Waals surface area contributed by atoms with Crippen LogP contribution in [0.5, 0.6) is 11.5 Å². The summed E-state index contributed by atoms with van der Waals surface area (Å²) in [6.45, 7) is 3.91. The molecule has 1 atom stereocenters. The highest BCUT2D eigenvalue weighted by Crippen LogP contribution is 2.40. The number of Topliss-reactive ketones (excluding diaryl/α,β-unsaturated/α-hetero) is 1. The van der Waals surface area contributed by atoms with Crippen LogP contribution in [0, 0.1) is 6.92 Å². The second-order valence-electron chi connectivity index (χ2n) is 4.24. The molecule has 5 heteroatoms. The number of carbonyl (C=O) groups excluding carboxylic acids is 2. The molecule has 18 heavy (non-hydrogen) atoms. The number of aliphatic hydroxyl groups excluding tert-OH is 1. The van der Waals surface area contributed by atoms with E-state index in [2.05, 4.69) is 0 Å². The maximum absolute atomic E-state index is 11.4. The largest absolute Gasteiger partial charge is 0.507 e. The van der Waals surface area contributed by atoms with Gasteiger partial charge in [-0.3, -0.25) is 9.59 Å². The molecule has 1 aromatic rings. The molecular weight excluding hydrogens is 236 g/mol. The predicted octanol–water partition coefficient (Wildman–Crippen LogP) is 1.40. The molecule has 1 rings (SSSR count). The van der Waals surface area contributed by atoms with Crippen LogP contribution in [0.2, 0.25) is 0 Å². The van der Waals surface area contributed by atoms with Gasteiger partial charge < -0.3 is 15.3 Å². The Labute approximate surface area is 105 Å². The molecule has 0 amide bonds. The van der Waals surface area contributed by atoms with Crippen molar-refractivity contribution in [1.82, 2.24) is 0 Å². The van der Waals surface area contributed by atoms with Gasteiger partial charge in [0.2, 0.25) is 0 Å². The van der Waals surface area contributed by atoms with Crippen molar-refractivity contribution >= 4 is 12.1 Å². The fraction of sp³-hybridized carbons (Fsp3) is 0.385. The summed E-state index contributed by atoms with van der Waals surface area (Å²) >= 11 is 0. The number of aromatic hydroxyl groups is 2. The number of benzene rings is 1. The van der Waals surface area contributed by atoms with Crippen molar-refractivity contribution in [2.24, 2.45) is 0 Å². The van der Waals surface area contributed by atoms with Gasteiger partial charge in [-0.15, -0.1) is 0 Å². The molecule has 0 spiro atoms. The monoisotopic (exact) mass is 252 g/mol. The Hall–Kier alpha value is -1.88. The number of ketones is 1. The maximum atomic E-state index is 11.4. The lowest BCUT2D eigenvalue weighted by Gasteiger charge is -2.19. The number of aliphatic hydroxyl groups is 1. The molecule has 0 aliphatic heterocycles. The average Bonchev–Trinajstić information content (AvgIpc) is 2.33. The summed E-state index contributed by atoms with van der Waals surface area (Å²) in [6, 6.07) is 0. The second kappa shape index (κ2) is 5.18. The van der Waals surface area contributed by atoms with E-state index in [1.165, 1.54) is 13.8 Å². The summed E-state index contributed by atoms with van der Waals surface area (Å²) in [7, 11) is 0. The van der Waals surface area contributed by atoms with Crippen molar-refractivity contribution in [3.8, 4) is 11.5 Å². The molecule has 0 heterocycles. The molecule has 0 bridgehead atoms. The van der Waals surface area contributed by atoms with E-state index in [1.54, 1.807) is 6.92 Å². The Morgan fingerprint density at radius 3 is 2.28 bits per heavy atom. The van der Waals surface area contributed by atoms with Gasteiger partial charge in [0, 0.05) is 5.92 Å². The lowest BCUT2D eigenvalue weighted by molar-refractivity contribution is -0.118. The summed E-state index contributed by atoms with van der Waals surface area (Å²) in [5.74, 6) is -1.56. The summed E-state index contributed by atoms with van der Waals surface area (Å²) in [4.78, 5) is 22.5.